The molecule has 19 heavy (non-hydrogen) atoms. The molecule has 7 heteroatoms. The minimum Gasteiger partial charge on any atom is -0.478 e. The van der Waals surface area contributed by atoms with Crippen LogP contribution < -0.4 is 15.8 Å². The molecule has 0 spiro atoms. The molecule has 0 aliphatic rings. The minimum atomic E-state index is -0.964. The number of nitrogens with one attached hydrogen (secondary N) is 1. The molecule has 0 bridgehead atoms. The molecule has 0 aliphatic heterocycles. The highest BCUT2D eigenvalue weighted by Crippen LogP contribution is 2.23. The van der Waals surface area contributed by atoms with Gasteiger partial charge in [0.15, 0.2) is 17.7 Å². The van der Waals surface area contributed by atoms with Gasteiger partial charge in [-0.25, -0.2) is 8.78 Å². The van der Waals surface area contributed by atoms with Crippen molar-refractivity contribution in [2.24, 2.45) is 0 Å². The molecule has 1 amide bonds. The Morgan fingerprint density at radius 3 is 2.74 bits per heavy atom. The molecule has 0 radical (unpaired) electrons. The molecule has 5 nitrogen and oxygen atoms in total. The van der Waals surface area contributed by atoms with Gasteiger partial charge in [0.25, 0.3) is 5.91 Å². The molecule has 0 heterocycles. The molecule has 1 unspecified atom stereocenters. The van der Waals surface area contributed by atoms with Gasteiger partial charge in [-0.2, -0.15) is 0 Å². The van der Waals surface area contributed by atoms with Gasteiger partial charge in [-0.3, -0.25) is 4.79 Å². The zero-order valence-corrected chi connectivity index (χ0v) is 10.7. The normalized spacial score (nSPS) is 12.0. The standard InChI is InChI=1S/C12H16F2N2O3/c1-7(12(17)16-3-4-18-2)19-11-6-8(13)10(15)5-9(11)14/h5-7H,3-4,15H2,1-2H3,(H,16,17). The molecule has 1 aromatic rings. The van der Waals surface area contributed by atoms with Gasteiger partial charge in [-0.05, 0) is 6.92 Å². The number of rotatable bonds is 6. The highest BCUT2D eigenvalue weighted by Gasteiger charge is 2.17. The Kier molecular flexibility index (Phi) is 5.50. The third-order valence-electron chi connectivity index (χ3n) is 2.33. The first-order valence-corrected chi connectivity index (χ1v) is 5.63. The van der Waals surface area contributed by atoms with E-state index in [9.17, 15) is 13.6 Å². The molecular weight excluding hydrogens is 258 g/mol. The predicted molar refractivity (Wildman–Crippen MR) is 65.7 cm³/mol. The molecule has 0 saturated heterocycles. The number of methoxy groups -OCH3 is 1. The van der Waals surface area contributed by atoms with E-state index in [1.165, 1.54) is 14.0 Å². The summed E-state index contributed by atoms with van der Waals surface area (Å²) in [5, 5.41) is 2.52. The number of hydrogen-bond donors (Lipinski definition) is 2. The van der Waals surface area contributed by atoms with Gasteiger partial charge in [0, 0.05) is 25.8 Å². The lowest BCUT2D eigenvalue weighted by Crippen LogP contribution is -2.38. The van der Waals surface area contributed by atoms with E-state index in [1.807, 2.05) is 0 Å². The van der Waals surface area contributed by atoms with Crippen LogP contribution in [-0.2, 0) is 9.53 Å². The van der Waals surface area contributed by atoms with Crippen molar-refractivity contribution in [3.63, 3.8) is 0 Å². The smallest absolute Gasteiger partial charge is 0.260 e. The number of halogens is 2. The molecule has 0 aromatic heterocycles. The highest BCUT2D eigenvalue weighted by atomic mass is 19.1. The average Bonchev–Trinajstić information content (AvgIpc) is 2.36. The van der Waals surface area contributed by atoms with Crippen LogP contribution >= 0.6 is 0 Å². The fourth-order valence-electron chi connectivity index (χ4n) is 1.30. The first-order valence-electron chi connectivity index (χ1n) is 5.63. The fourth-order valence-corrected chi connectivity index (χ4v) is 1.30. The molecule has 1 aromatic carbocycles. The van der Waals surface area contributed by atoms with Crippen molar-refractivity contribution < 1.29 is 23.0 Å². The van der Waals surface area contributed by atoms with Crippen molar-refractivity contribution in [3.05, 3.63) is 23.8 Å². The van der Waals surface area contributed by atoms with Crippen molar-refractivity contribution in [2.45, 2.75) is 13.0 Å². The summed E-state index contributed by atoms with van der Waals surface area (Å²) in [6.07, 6.45) is -0.964. The maximum atomic E-state index is 13.4. The number of nitrogens with two attached hydrogens (primary N) is 1. The lowest BCUT2D eigenvalue weighted by molar-refractivity contribution is -0.127. The maximum absolute atomic E-state index is 13.4. The molecule has 1 atom stereocenters. The summed E-state index contributed by atoms with van der Waals surface area (Å²) in [5.74, 6) is -2.44. The highest BCUT2D eigenvalue weighted by molar-refractivity contribution is 5.80. The van der Waals surface area contributed by atoms with Gasteiger partial charge < -0.3 is 20.5 Å². The van der Waals surface area contributed by atoms with Crippen molar-refractivity contribution in [2.75, 3.05) is 26.0 Å². The van der Waals surface area contributed by atoms with Crippen molar-refractivity contribution >= 4 is 11.6 Å². The molecule has 0 aliphatic carbocycles. The quantitative estimate of drug-likeness (QED) is 0.601. The number of nitrogen functional groups attached to an aromatic ring is 1. The monoisotopic (exact) mass is 274 g/mol. The van der Waals surface area contributed by atoms with Crippen LogP contribution in [0.3, 0.4) is 0 Å². The number of anilines is 1. The number of carbonyl (C=O) groups is 1. The van der Waals surface area contributed by atoms with E-state index < -0.39 is 23.6 Å². The number of hydrogen-bond acceptors (Lipinski definition) is 4. The van der Waals surface area contributed by atoms with E-state index >= 15 is 0 Å². The second-order valence-electron chi connectivity index (χ2n) is 3.85. The Morgan fingerprint density at radius 2 is 2.11 bits per heavy atom. The SMILES string of the molecule is COCCNC(=O)C(C)Oc1cc(F)c(N)cc1F. The minimum absolute atomic E-state index is 0.307. The number of ether oxygens (including phenoxy) is 2. The average molecular weight is 274 g/mol. The summed E-state index contributed by atoms with van der Waals surface area (Å²) in [6.45, 7) is 2.08. The Hall–Kier alpha value is -1.89. The third kappa shape index (κ3) is 4.36. The van der Waals surface area contributed by atoms with Crippen molar-refractivity contribution in [3.8, 4) is 5.75 Å². The molecular formula is C12H16F2N2O3. The largest absolute Gasteiger partial charge is 0.478 e. The van der Waals surface area contributed by atoms with Gasteiger partial charge in [0.1, 0.15) is 5.82 Å². The molecule has 0 saturated carbocycles. The Morgan fingerprint density at radius 1 is 1.42 bits per heavy atom. The van der Waals surface area contributed by atoms with Crippen LogP contribution in [0.4, 0.5) is 14.5 Å². The van der Waals surface area contributed by atoms with Crippen molar-refractivity contribution in [1.29, 1.82) is 0 Å². The number of carbonyl (C=O) groups excluding carboxylic acids is 1. The van der Waals surface area contributed by atoms with Crippen LogP contribution in [0.1, 0.15) is 6.92 Å². The van der Waals surface area contributed by atoms with E-state index in [0.29, 0.717) is 13.2 Å². The van der Waals surface area contributed by atoms with E-state index in [4.69, 9.17) is 15.2 Å². The van der Waals surface area contributed by atoms with Gasteiger partial charge >= 0.3 is 0 Å². The maximum Gasteiger partial charge on any atom is 0.260 e. The van der Waals surface area contributed by atoms with Gasteiger partial charge in [-0.15, -0.1) is 0 Å². The van der Waals surface area contributed by atoms with Crippen LogP contribution in [0.15, 0.2) is 12.1 Å². The molecule has 3 N–H and O–H groups in total. The first kappa shape index (κ1) is 15.2. The van der Waals surface area contributed by atoms with Crippen LogP contribution in [0, 0.1) is 11.6 Å². The van der Waals surface area contributed by atoms with E-state index in [0.717, 1.165) is 12.1 Å². The topological polar surface area (TPSA) is 73.6 Å². The second kappa shape index (κ2) is 6.89. The lowest BCUT2D eigenvalue weighted by Gasteiger charge is -2.15. The fraction of sp³-hybridized carbons (Fsp3) is 0.417. The lowest BCUT2D eigenvalue weighted by atomic mass is 10.2. The summed E-state index contributed by atoms with van der Waals surface area (Å²) < 4.78 is 36.4. The summed E-state index contributed by atoms with van der Waals surface area (Å²) in [4.78, 5) is 11.6. The second-order valence-corrected chi connectivity index (χ2v) is 3.85. The number of benzene rings is 1. The third-order valence-corrected chi connectivity index (χ3v) is 2.33. The Labute approximate surface area is 109 Å². The summed E-state index contributed by atoms with van der Waals surface area (Å²) in [5.41, 5.74) is 4.88. The Balaban J connectivity index is 2.63. The van der Waals surface area contributed by atoms with E-state index in [2.05, 4.69) is 5.32 Å². The number of amides is 1. The van der Waals surface area contributed by atoms with E-state index in [1.54, 1.807) is 0 Å². The van der Waals surface area contributed by atoms with Gasteiger partial charge in [0.05, 0.1) is 12.3 Å². The zero-order chi connectivity index (χ0) is 14.4. The molecule has 106 valence electrons. The summed E-state index contributed by atoms with van der Waals surface area (Å²) >= 11 is 0. The Bertz CT molecular complexity index is 455. The zero-order valence-electron chi connectivity index (χ0n) is 10.7. The molecule has 0 fully saturated rings. The van der Waals surface area contributed by atoms with Gasteiger partial charge in [0.2, 0.25) is 0 Å². The molecule has 1 rings (SSSR count). The summed E-state index contributed by atoms with van der Waals surface area (Å²) in [6, 6.07) is 1.61. The first-order chi connectivity index (χ1) is 8.95. The van der Waals surface area contributed by atoms with E-state index in [-0.39, 0.29) is 11.4 Å². The van der Waals surface area contributed by atoms with Crippen LogP contribution in [0.5, 0.6) is 5.75 Å². The van der Waals surface area contributed by atoms with Crippen LogP contribution in [-0.4, -0.2) is 32.3 Å². The summed E-state index contributed by atoms with van der Waals surface area (Å²) in [7, 11) is 1.50. The van der Waals surface area contributed by atoms with Crippen LogP contribution in [0.25, 0.3) is 0 Å². The predicted octanol–water partition coefficient (Wildman–Crippen LogP) is 1.08. The van der Waals surface area contributed by atoms with Crippen LogP contribution in [0.2, 0.25) is 0 Å². The van der Waals surface area contributed by atoms with Gasteiger partial charge in [-0.1, -0.05) is 0 Å². The van der Waals surface area contributed by atoms with Crippen molar-refractivity contribution in [1.82, 2.24) is 5.32 Å².